The number of pyridine rings is 1. The summed E-state index contributed by atoms with van der Waals surface area (Å²) in [5.74, 6) is -0.631. The fraction of sp³-hybridized carbons (Fsp3) is 0.400. The molecule has 17 heavy (non-hydrogen) atoms. The summed E-state index contributed by atoms with van der Waals surface area (Å²) in [5.41, 5.74) is 0.585. The molecule has 0 amide bonds. The fourth-order valence-electron chi connectivity index (χ4n) is 1.19. The van der Waals surface area contributed by atoms with Gasteiger partial charge in [-0.2, -0.15) is 13.2 Å². The quantitative estimate of drug-likeness (QED) is 0.833. The second kappa shape index (κ2) is 5.03. The van der Waals surface area contributed by atoms with Crippen LogP contribution in [0.1, 0.15) is 16.1 Å². The molecule has 1 heterocycles. The Balaban J connectivity index is 2.86. The summed E-state index contributed by atoms with van der Waals surface area (Å²) >= 11 is 0. The monoisotopic (exact) mass is 248 g/mol. The van der Waals surface area contributed by atoms with Crippen molar-refractivity contribution in [3.8, 4) is 0 Å². The summed E-state index contributed by atoms with van der Waals surface area (Å²) in [4.78, 5) is 15.1. The maximum atomic E-state index is 12.0. The van der Waals surface area contributed by atoms with Crippen molar-refractivity contribution in [3.63, 3.8) is 0 Å². The first-order chi connectivity index (χ1) is 7.81. The largest absolute Gasteiger partial charge is 0.465 e. The Bertz CT molecular complexity index is 419. The van der Waals surface area contributed by atoms with E-state index in [4.69, 9.17) is 0 Å². The van der Waals surface area contributed by atoms with Crippen molar-refractivity contribution in [2.75, 3.05) is 19.0 Å². The molecule has 7 heteroatoms. The lowest BCUT2D eigenvalue weighted by molar-refractivity contribution is -0.115. The Morgan fingerprint density at radius 3 is 2.65 bits per heavy atom. The number of hydrogen-bond donors (Lipinski definition) is 1. The van der Waals surface area contributed by atoms with Gasteiger partial charge in [0.25, 0.3) is 0 Å². The third-order valence-corrected chi connectivity index (χ3v) is 1.84. The number of nitrogens with zero attached hydrogens (tertiary/aromatic N) is 1. The van der Waals surface area contributed by atoms with E-state index in [-0.39, 0.29) is 11.4 Å². The molecule has 94 valence electrons. The summed E-state index contributed by atoms with van der Waals surface area (Å²) in [5, 5.41) is 2.10. The molecular weight excluding hydrogens is 237 g/mol. The van der Waals surface area contributed by atoms with Gasteiger partial charge >= 0.3 is 12.1 Å². The molecule has 0 bridgehead atoms. The standard InChI is InChI=1S/C10H11F3N2O2/c1-6-3-7(9(16)17-2)4-8(15-6)14-5-10(11,12)13/h3-4H,5H2,1-2H3,(H,14,15). The molecule has 0 atom stereocenters. The number of halogens is 3. The van der Waals surface area contributed by atoms with E-state index in [1.165, 1.54) is 19.2 Å². The van der Waals surface area contributed by atoms with Crippen LogP contribution in [-0.4, -0.2) is 30.8 Å². The summed E-state index contributed by atoms with van der Waals surface area (Å²) in [6.07, 6.45) is -4.34. The first kappa shape index (κ1) is 13.3. The third kappa shape index (κ3) is 4.29. The summed E-state index contributed by atoms with van der Waals surface area (Å²) < 4.78 is 40.4. The summed E-state index contributed by atoms with van der Waals surface area (Å²) in [6, 6.07) is 2.65. The molecule has 0 aromatic carbocycles. The molecule has 0 unspecified atom stereocenters. The number of esters is 1. The zero-order valence-corrected chi connectivity index (χ0v) is 9.26. The number of rotatable bonds is 3. The normalized spacial score (nSPS) is 11.1. The smallest absolute Gasteiger partial charge is 0.405 e. The Kier molecular flexibility index (Phi) is 3.93. The van der Waals surface area contributed by atoms with Crippen LogP contribution < -0.4 is 5.32 Å². The highest BCUT2D eigenvalue weighted by atomic mass is 19.4. The number of alkyl halides is 3. The molecule has 4 nitrogen and oxygen atoms in total. The van der Waals surface area contributed by atoms with Gasteiger partial charge in [0.05, 0.1) is 12.7 Å². The van der Waals surface area contributed by atoms with Crippen LogP contribution in [0.2, 0.25) is 0 Å². The van der Waals surface area contributed by atoms with E-state index in [0.717, 1.165) is 0 Å². The van der Waals surface area contributed by atoms with Crippen molar-refractivity contribution < 1.29 is 22.7 Å². The molecule has 0 fully saturated rings. The van der Waals surface area contributed by atoms with Crippen LogP contribution in [0.5, 0.6) is 0 Å². The second-order valence-corrected chi connectivity index (χ2v) is 3.34. The third-order valence-electron chi connectivity index (χ3n) is 1.84. The SMILES string of the molecule is COC(=O)c1cc(C)nc(NCC(F)(F)F)c1. The van der Waals surface area contributed by atoms with E-state index in [1.807, 2.05) is 0 Å². The van der Waals surface area contributed by atoms with Crippen LogP contribution in [0.25, 0.3) is 0 Å². The van der Waals surface area contributed by atoms with Crippen LogP contribution in [0.4, 0.5) is 19.0 Å². The van der Waals surface area contributed by atoms with Gasteiger partial charge in [-0.1, -0.05) is 0 Å². The van der Waals surface area contributed by atoms with E-state index in [0.29, 0.717) is 5.69 Å². The lowest BCUT2D eigenvalue weighted by Gasteiger charge is -2.10. The molecule has 0 radical (unpaired) electrons. The zero-order valence-electron chi connectivity index (χ0n) is 9.26. The van der Waals surface area contributed by atoms with Gasteiger partial charge in [-0.3, -0.25) is 0 Å². The van der Waals surface area contributed by atoms with Crippen molar-refractivity contribution in [3.05, 3.63) is 23.4 Å². The maximum Gasteiger partial charge on any atom is 0.405 e. The molecule has 0 aliphatic carbocycles. The lowest BCUT2D eigenvalue weighted by atomic mass is 10.2. The number of anilines is 1. The van der Waals surface area contributed by atoms with E-state index in [9.17, 15) is 18.0 Å². The van der Waals surface area contributed by atoms with Crippen LogP contribution in [0, 0.1) is 6.92 Å². The molecule has 1 aromatic rings. The molecule has 1 aromatic heterocycles. The lowest BCUT2D eigenvalue weighted by Crippen LogP contribution is -2.22. The number of hydrogen-bond acceptors (Lipinski definition) is 4. The van der Waals surface area contributed by atoms with Crippen LogP contribution >= 0.6 is 0 Å². The van der Waals surface area contributed by atoms with Gasteiger partial charge in [-0.15, -0.1) is 0 Å². The van der Waals surface area contributed by atoms with Crippen LogP contribution in [0.15, 0.2) is 12.1 Å². The van der Waals surface area contributed by atoms with Crippen molar-refractivity contribution in [1.29, 1.82) is 0 Å². The molecular formula is C10H11F3N2O2. The molecule has 0 aliphatic heterocycles. The number of carbonyl (C=O) groups is 1. The number of nitrogens with one attached hydrogen (secondary N) is 1. The van der Waals surface area contributed by atoms with E-state index < -0.39 is 18.7 Å². The van der Waals surface area contributed by atoms with Gasteiger partial charge in [0.15, 0.2) is 0 Å². The Labute approximate surface area is 95.8 Å². The van der Waals surface area contributed by atoms with Gasteiger partial charge in [-0.05, 0) is 19.1 Å². The summed E-state index contributed by atoms with van der Waals surface area (Å²) in [6.45, 7) is 0.370. The predicted molar refractivity (Wildman–Crippen MR) is 54.9 cm³/mol. The van der Waals surface area contributed by atoms with Gasteiger partial charge in [0.2, 0.25) is 0 Å². The molecule has 1 N–H and O–H groups in total. The first-order valence-corrected chi connectivity index (χ1v) is 4.69. The molecule has 0 aliphatic rings. The number of methoxy groups -OCH3 is 1. The molecule has 0 saturated carbocycles. The highest BCUT2D eigenvalue weighted by Gasteiger charge is 2.26. The minimum absolute atomic E-state index is 0.0114. The summed E-state index contributed by atoms with van der Waals surface area (Å²) in [7, 11) is 1.20. The number of aryl methyl sites for hydroxylation is 1. The fourth-order valence-corrected chi connectivity index (χ4v) is 1.19. The number of aromatic nitrogens is 1. The minimum atomic E-state index is -4.34. The van der Waals surface area contributed by atoms with Crippen molar-refractivity contribution >= 4 is 11.8 Å². The second-order valence-electron chi connectivity index (χ2n) is 3.34. The van der Waals surface area contributed by atoms with Crippen molar-refractivity contribution in [1.82, 2.24) is 4.98 Å². The van der Waals surface area contributed by atoms with E-state index in [2.05, 4.69) is 15.0 Å². The highest BCUT2D eigenvalue weighted by Crippen LogP contribution is 2.17. The molecule has 0 spiro atoms. The van der Waals surface area contributed by atoms with Crippen LogP contribution in [0.3, 0.4) is 0 Å². The Hall–Kier alpha value is -1.79. The van der Waals surface area contributed by atoms with Gasteiger partial charge in [-0.25, -0.2) is 9.78 Å². The van der Waals surface area contributed by atoms with Gasteiger partial charge in [0.1, 0.15) is 12.4 Å². The number of ether oxygens (including phenoxy) is 1. The Morgan fingerprint density at radius 2 is 2.12 bits per heavy atom. The number of carbonyl (C=O) groups excluding carboxylic acids is 1. The molecule has 1 rings (SSSR count). The van der Waals surface area contributed by atoms with Crippen LogP contribution in [-0.2, 0) is 4.74 Å². The average Bonchev–Trinajstić information content (AvgIpc) is 2.23. The van der Waals surface area contributed by atoms with Crippen molar-refractivity contribution in [2.24, 2.45) is 0 Å². The van der Waals surface area contributed by atoms with E-state index >= 15 is 0 Å². The zero-order chi connectivity index (χ0) is 13.1. The highest BCUT2D eigenvalue weighted by molar-refractivity contribution is 5.90. The predicted octanol–water partition coefficient (Wildman–Crippen LogP) is 2.15. The van der Waals surface area contributed by atoms with Crippen molar-refractivity contribution in [2.45, 2.75) is 13.1 Å². The van der Waals surface area contributed by atoms with E-state index in [1.54, 1.807) is 6.92 Å². The van der Waals surface area contributed by atoms with Gasteiger partial charge < -0.3 is 10.1 Å². The minimum Gasteiger partial charge on any atom is -0.465 e. The topological polar surface area (TPSA) is 51.2 Å². The maximum absolute atomic E-state index is 12.0. The average molecular weight is 248 g/mol. The Morgan fingerprint density at radius 1 is 1.47 bits per heavy atom. The molecule has 0 saturated heterocycles. The van der Waals surface area contributed by atoms with Gasteiger partial charge in [0, 0.05) is 5.69 Å². The first-order valence-electron chi connectivity index (χ1n) is 4.69.